The second-order valence-corrected chi connectivity index (χ2v) is 9.34. The lowest BCUT2D eigenvalue weighted by Gasteiger charge is -2.17. The molecule has 2 aliphatic heterocycles. The predicted octanol–water partition coefficient (Wildman–Crippen LogP) is 4.67. The Hall–Kier alpha value is -2.59. The van der Waals surface area contributed by atoms with Crippen LogP contribution >= 0.6 is 23.2 Å². The third-order valence-corrected chi connectivity index (χ3v) is 6.99. The highest BCUT2D eigenvalue weighted by Gasteiger charge is 2.23. The first-order valence-corrected chi connectivity index (χ1v) is 12.3. The van der Waals surface area contributed by atoms with Crippen LogP contribution < -0.4 is 20.1 Å². The Morgan fingerprint density at radius 3 is 2.40 bits per heavy atom. The predicted molar refractivity (Wildman–Crippen MR) is 136 cm³/mol. The van der Waals surface area contributed by atoms with Crippen molar-refractivity contribution in [3.8, 4) is 22.8 Å². The Labute approximate surface area is 213 Å². The molecule has 2 saturated heterocycles. The molecule has 4 heterocycles. The van der Waals surface area contributed by atoms with Gasteiger partial charge in [0.05, 0.1) is 49.2 Å². The van der Waals surface area contributed by atoms with Gasteiger partial charge < -0.3 is 29.6 Å². The molecule has 0 amide bonds. The van der Waals surface area contributed by atoms with Crippen LogP contribution in [0.5, 0.6) is 11.5 Å². The molecule has 5 rings (SSSR count). The SMILES string of the molecule is COc1cc(OC)c(Cl)c(-c2cc3cnc(NC4CCOC4)nc3c(NCC3CCOC3)n2)c1Cl. The molecule has 2 atom stereocenters. The Balaban J connectivity index is 1.59. The number of pyridine rings is 1. The molecule has 2 fully saturated rings. The number of benzene rings is 1. The van der Waals surface area contributed by atoms with E-state index in [-0.39, 0.29) is 6.04 Å². The van der Waals surface area contributed by atoms with Gasteiger partial charge in [0.2, 0.25) is 5.95 Å². The van der Waals surface area contributed by atoms with Gasteiger partial charge >= 0.3 is 0 Å². The van der Waals surface area contributed by atoms with E-state index in [2.05, 4.69) is 15.6 Å². The molecule has 9 nitrogen and oxygen atoms in total. The Morgan fingerprint density at radius 1 is 1.00 bits per heavy atom. The van der Waals surface area contributed by atoms with Gasteiger partial charge in [-0.1, -0.05) is 23.2 Å². The van der Waals surface area contributed by atoms with E-state index in [1.165, 1.54) is 0 Å². The molecule has 0 aliphatic carbocycles. The smallest absolute Gasteiger partial charge is 0.223 e. The molecular formula is C24H27Cl2N5O4. The summed E-state index contributed by atoms with van der Waals surface area (Å²) < 4.78 is 21.9. The fraction of sp³-hybridized carbons (Fsp3) is 0.458. The zero-order chi connectivity index (χ0) is 24.4. The van der Waals surface area contributed by atoms with Crippen LogP contribution in [-0.4, -0.2) is 68.2 Å². The molecule has 2 unspecified atom stereocenters. The van der Waals surface area contributed by atoms with Gasteiger partial charge in [0.1, 0.15) is 17.0 Å². The lowest BCUT2D eigenvalue weighted by molar-refractivity contribution is 0.187. The fourth-order valence-electron chi connectivity index (χ4n) is 4.29. The van der Waals surface area contributed by atoms with E-state index in [1.54, 1.807) is 26.5 Å². The summed E-state index contributed by atoms with van der Waals surface area (Å²) in [4.78, 5) is 14.2. The average Bonchev–Trinajstić information content (AvgIpc) is 3.57. The van der Waals surface area contributed by atoms with Gasteiger partial charge in [0.15, 0.2) is 5.82 Å². The monoisotopic (exact) mass is 519 g/mol. The van der Waals surface area contributed by atoms with E-state index in [0.29, 0.717) is 69.2 Å². The Morgan fingerprint density at radius 2 is 1.74 bits per heavy atom. The summed E-state index contributed by atoms with van der Waals surface area (Å²) in [6.07, 6.45) is 3.69. The van der Waals surface area contributed by atoms with Crippen LogP contribution in [0.15, 0.2) is 18.3 Å². The van der Waals surface area contributed by atoms with Crippen LogP contribution in [0, 0.1) is 5.92 Å². The number of aromatic nitrogens is 3. The van der Waals surface area contributed by atoms with E-state index in [0.717, 1.165) is 38.0 Å². The number of nitrogens with one attached hydrogen (secondary N) is 2. The number of anilines is 2. The van der Waals surface area contributed by atoms with Crippen LogP contribution in [0.4, 0.5) is 11.8 Å². The summed E-state index contributed by atoms with van der Waals surface area (Å²) in [7, 11) is 3.08. The summed E-state index contributed by atoms with van der Waals surface area (Å²) in [6.45, 7) is 3.57. The van der Waals surface area contributed by atoms with Gasteiger partial charge in [-0.15, -0.1) is 0 Å². The summed E-state index contributed by atoms with van der Waals surface area (Å²) in [5.41, 5.74) is 1.78. The van der Waals surface area contributed by atoms with Crippen LogP contribution in [-0.2, 0) is 9.47 Å². The number of rotatable bonds is 8. The third-order valence-electron chi connectivity index (χ3n) is 6.24. The lowest BCUT2D eigenvalue weighted by atomic mass is 10.1. The molecule has 0 radical (unpaired) electrons. The summed E-state index contributed by atoms with van der Waals surface area (Å²) in [5, 5.41) is 8.32. The van der Waals surface area contributed by atoms with Gasteiger partial charge in [-0.25, -0.2) is 15.0 Å². The molecule has 186 valence electrons. The van der Waals surface area contributed by atoms with Crippen LogP contribution in [0.1, 0.15) is 12.8 Å². The minimum absolute atomic E-state index is 0.189. The molecule has 1 aromatic carbocycles. The lowest BCUT2D eigenvalue weighted by Crippen LogP contribution is -2.20. The first kappa shape index (κ1) is 24.1. The zero-order valence-corrected chi connectivity index (χ0v) is 21.1. The molecule has 11 heteroatoms. The maximum Gasteiger partial charge on any atom is 0.223 e. The summed E-state index contributed by atoms with van der Waals surface area (Å²) >= 11 is 13.4. The molecule has 0 bridgehead atoms. The van der Waals surface area contributed by atoms with E-state index < -0.39 is 0 Å². The normalized spacial score (nSPS) is 19.8. The van der Waals surface area contributed by atoms with Crippen molar-refractivity contribution < 1.29 is 18.9 Å². The van der Waals surface area contributed by atoms with E-state index in [9.17, 15) is 0 Å². The van der Waals surface area contributed by atoms with Crippen molar-refractivity contribution in [3.63, 3.8) is 0 Å². The number of ether oxygens (including phenoxy) is 4. The molecule has 3 aromatic rings. The van der Waals surface area contributed by atoms with Crippen LogP contribution in [0.25, 0.3) is 22.2 Å². The molecule has 2 N–H and O–H groups in total. The highest BCUT2D eigenvalue weighted by molar-refractivity contribution is 6.41. The number of nitrogens with zero attached hydrogens (tertiary/aromatic N) is 3. The molecule has 2 aliphatic rings. The van der Waals surface area contributed by atoms with Gasteiger partial charge in [0.25, 0.3) is 0 Å². The van der Waals surface area contributed by atoms with E-state index in [1.807, 2.05) is 6.07 Å². The standard InChI is InChI=1S/C24H27Cl2N5O4/c1-32-17-8-18(33-2)21(26)19(20(17)25)16-7-14-10-28-24(29-15-4-6-35-12-15)31-22(14)23(30-16)27-9-13-3-5-34-11-13/h7-8,10,13,15H,3-6,9,11-12H2,1-2H3,(H,27,30)(H,28,29,31). The molecule has 0 saturated carbocycles. The van der Waals surface area contributed by atoms with Crippen molar-refractivity contribution in [2.45, 2.75) is 18.9 Å². The van der Waals surface area contributed by atoms with Crippen molar-refractivity contribution in [1.29, 1.82) is 0 Å². The zero-order valence-electron chi connectivity index (χ0n) is 19.6. The minimum atomic E-state index is 0.189. The number of fused-ring (bicyclic) bond motifs is 1. The Kier molecular flexibility index (Phi) is 7.29. The van der Waals surface area contributed by atoms with Gasteiger partial charge in [-0.2, -0.15) is 0 Å². The van der Waals surface area contributed by atoms with Gasteiger partial charge in [-0.05, 0) is 18.9 Å². The first-order valence-electron chi connectivity index (χ1n) is 11.5. The number of hydrogen-bond acceptors (Lipinski definition) is 9. The highest BCUT2D eigenvalue weighted by atomic mass is 35.5. The van der Waals surface area contributed by atoms with Gasteiger partial charge in [0, 0.05) is 48.9 Å². The first-order chi connectivity index (χ1) is 17.1. The summed E-state index contributed by atoms with van der Waals surface area (Å²) in [5.74, 6) is 2.43. The van der Waals surface area contributed by atoms with Crippen LogP contribution in [0.2, 0.25) is 10.0 Å². The third kappa shape index (κ3) is 5.04. The highest BCUT2D eigenvalue weighted by Crippen LogP contribution is 2.46. The van der Waals surface area contributed by atoms with Crippen molar-refractivity contribution in [2.24, 2.45) is 5.92 Å². The topological polar surface area (TPSA) is 99.7 Å². The maximum atomic E-state index is 6.69. The second-order valence-electron chi connectivity index (χ2n) is 8.59. The van der Waals surface area contributed by atoms with E-state index in [4.69, 9.17) is 52.1 Å². The van der Waals surface area contributed by atoms with Crippen molar-refractivity contribution in [1.82, 2.24) is 15.0 Å². The van der Waals surface area contributed by atoms with E-state index >= 15 is 0 Å². The average molecular weight is 520 g/mol. The van der Waals surface area contributed by atoms with Crippen molar-refractivity contribution in [3.05, 3.63) is 28.4 Å². The quantitative estimate of drug-likeness (QED) is 0.439. The minimum Gasteiger partial charge on any atom is -0.495 e. The summed E-state index contributed by atoms with van der Waals surface area (Å²) in [6, 6.07) is 3.71. The fourth-order valence-corrected chi connectivity index (χ4v) is 4.98. The Bertz CT molecular complexity index is 1190. The number of methoxy groups -OCH3 is 2. The second kappa shape index (κ2) is 10.6. The largest absolute Gasteiger partial charge is 0.495 e. The maximum absolute atomic E-state index is 6.69. The molecule has 0 spiro atoms. The van der Waals surface area contributed by atoms with Crippen molar-refractivity contribution in [2.75, 3.05) is 57.8 Å². The molecular weight excluding hydrogens is 493 g/mol. The molecule has 35 heavy (non-hydrogen) atoms. The van der Waals surface area contributed by atoms with Gasteiger partial charge in [-0.3, -0.25) is 0 Å². The van der Waals surface area contributed by atoms with Crippen molar-refractivity contribution >= 4 is 45.9 Å². The van der Waals surface area contributed by atoms with Crippen LogP contribution in [0.3, 0.4) is 0 Å². The number of halogens is 2. The number of hydrogen-bond donors (Lipinski definition) is 2. The molecule has 2 aromatic heterocycles.